The van der Waals surface area contributed by atoms with Crippen LogP contribution in [0.2, 0.25) is 0 Å². The zero-order valence-electron chi connectivity index (χ0n) is 27.0. The van der Waals surface area contributed by atoms with Crippen molar-refractivity contribution in [3.8, 4) is 0 Å². The lowest BCUT2D eigenvalue weighted by molar-refractivity contribution is -0.126. The maximum Gasteiger partial charge on any atom is 0.243 e. The molecule has 0 aromatic heterocycles. The third-order valence-electron chi connectivity index (χ3n) is 7.44. The van der Waals surface area contributed by atoms with E-state index in [4.69, 9.17) is 28.7 Å². The molecule has 0 spiro atoms. The van der Waals surface area contributed by atoms with Crippen molar-refractivity contribution in [3.63, 3.8) is 0 Å². The highest BCUT2D eigenvalue weighted by Crippen LogP contribution is 2.16. The van der Waals surface area contributed by atoms with Gasteiger partial charge in [-0.3, -0.25) is 53.2 Å². The Morgan fingerprint density at radius 1 is 0.604 bits per heavy atom. The predicted octanol–water partition coefficient (Wildman–Crippen LogP) is -6.11. The van der Waals surface area contributed by atoms with Gasteiger partial charge in [0.25, 0.3) is 0 Å². The van der Waals surface area contributed by atoms with Crippen molar-refractivity contribution in [1.82, 2.24) is 30.2 Å². The monoisotopic (exact) mass is 676 g/mol. The van der Waals surface area contributed by atoms with Gasteiger partial charge in [-0.25, -0.2) is 0 Å². The zero-order chi connectivity index (χ0) is 35.6. The molecule has 1 aromatic rings. The summed E-state index contributed by atoms with van der Waals surface area (Å²) < 4.78 is 0. The maximum atomic E-state index is 12.4. The average molecular weight is 677 g/mol. The van der Waals surface area contributed by atoms with Crippen molar-refractivity contribution < 1.29 is 33.6 Å². The number of hydrogen-bond acceptors (Lipinski definition) is 12. The first-order chi connectivity index (χ1) is 22.7. The number of nitrogens with one attached hydrogen (secondary N) is 3. The van der Waals surface area contributed by atoms with Gasteiger partial charge in [0, 0.05) is 57.5 Å². The molecule has 0 saturated carbocycles. The van der Waals surface area contributed by atoms with Gasteiger partial charge in [0.2, 0.25) is 41.4 Å². The molecular weight excluding hydrogens is 628 g/mol. The van der Waals surface area contributed by atoms with Gasteiger partial charge in [0.1, 0.15) is 0 Å². The third-order valence-corrected chi connectivity index (χ3v) is 7.44. The Kier molecular flexibility index (Phi) is 16.9. The van der Waals surface area contributed by atoms with E-state index in [0.717, 1.165) is 5.56 Å². The number of anilines is 1. The van der Waals surface area contributed by atoms with E-state index in [9.17, 15) is 33.6 Å². The van der Waals surface area contributed by atoms with E-state index in [-0.39, 0.29) is 51.9 Å². The molecule has 1 aliphatic heterocycles. The fourth-order valence-electron chi connectivity index (χ4n) is 5.16. The number of hydrogen-bond donors (Lipinski definition) is 8. The second-order valence-electron chi connectivity index (χ2n) is 11.5. The molecular formula is C29H48N12O7. The zero-order valence-corrected chi connectivity index (χ0v) is 27.0. The Morgan fingerprint density at radius 3 is 1.58 bits per heavy atom. The van der Waals surface area contributed by atoms with Crippen LogP contribution in [0.5, 0.6) is 0 Å². The molecule has 19 heteroatoms. The Morgan fingerprint density at radius 2 is 1.06 bits per heavy atom. The minimum atomic E-state index is -0.561. The van der Waals surface area contributed by atoms with E-state index in [1.54, 1.807) is 24.3 Å². The van der Waals surface area contributed by atoms with Gasteiger partial charge in [-0.1, -0.05) is 12.1 Å². The lowest BCUT2D eigenvalue weighted by Gasteiger charge is -2.38. The summed E-state index contributed by atoms with van der Waals surface area (Å²) in [6.07, 6.45) is 0.405. The van der Waals surface area contributed by atoms with Crippen LogP contribution >= 0.6 is 0 Å². The first kappa shape index (κ1) is 39.5. The number of carbonyl (C=O) groups excluding carboxylic acids is 7. The second-order valence-corrected chi connectivity index (χ2v) is 11.5. The number of nitrogens with two attached hydrogens (primary N) is 5. The van der Waals surface area contributed by atoms with Crippen LogP contribution in [0.1, 0.15) is 5.56 Å². The summed E-state index contributed by atoms with van der Waals surface area (Å²) in [6, 6.07) is 6.60. The molecule has 1 aromatic carbocycles. The number of primary amides is 4. The summed E-state index contributed by atoms with van der Waals surface area (Å²) >= 11 is 0. The van der Waals surface area contributed by atoms with E-state index in [1.165, 1.54) is 0 Å². The van der Waals surface area contributed by atoms with Gasteiger partial charge in [-0.05, 0) is 24.1 Å². The van der Waals surface area contributed by atoms with Gasteiger partial charge in [-0.2, -0.15) is 0 Å². The molecule has 1 atom stereocenters. The van der Waals surface area contributed by atoms with Crippen LogP contribution < -0.4 is 44.6 Å². The molecule has 48 heavy (non-hydrogen) atoms. The summed E-state index contributed by atoms with van der Waals surface area (Å²) in [6.45, 7) is 1.42. The number of carbonyl (C=O) groups is 7. The van der Waals surface area contributed by atoms with Gasteiger partial charge >= 0.3 is 0 Å². The molecule has 1 heterocycles. The van der Waals surface area contributed by atoms with Crippen LogP contribution in [0.3, 0.4) is 0 Å². The molecule has 0 bridgehead atoms. The molecule has 1 saturated heterocycles. The SMILES string of the molecule is NCC(=O)NCC(=O)NCC(=O)Nc1ccc(CC2CN(CC(N)=O)CCN(CC(N)=O)CCN(CC(N)=O)CCN2CC(N)=O)cc1. The van der Waals surface area contributed by atoms with Crippen LogP contribution in [0.25, 0.3) is 0 Å². The van der Waals surface area contributed by atoms with Gasteiger partial charge in [0.05, 0.1) is 45.8 Å². The molecule has 7 amide bonds. The summed E-state index contributed by atoms with van der Waals surface area (Å²) in [4.78, 5) is 90.6. The molecule has 266 valence electrons. The van der Waals surface area contributed by atoms with Crippen LogP contribution in [0.4, 0.5) is 5.69 Å². The lowest BCUT2D eigenvalue weighted by Crippen LogP contribution is -2.54. The van der Waals surface area contributed by atoms with E-state index in [1.807, 2.05) is 19.6 Å². The van der Waals surface area contributed by atoms with Gasteiger partial charge < -0.3 is 44.6 Å². The molecule has 19 nitrogen and oxygen atoms in total. The van der Waals surface area contributed by atoms with Crippen molar-refractivity contribution >= 4 is 47.0 Å². The quantitative estimate of drug-likeness (QED) is 0.0811. The minimum absolute atomic E-state index is 0.0195. The van der Waals surface area contributed by atoms with Gasteiger partial charge in [0.15, 0.2) is 0 Å². The smallest absolute Gasteiger partial charge is 0.243 e. The van der Waals surface area contributed by atoms with Crippen molar-refractivity contribution in [2.24, 2.45) is 28.7 Å². The predicted molar refractivity (Wildman–Crippen MR) is 175 cm³/mol. The van der Waals surface area contributed by atoms with Gasteiger partial charge in [-0.15, -0.1) is 0 Å². The first-order valence-electron chi connectivity index (χ1n) is 15.4. The van der Waals surface area contributed by atoms with Crippen LogP contribution in [0, 0.1) is 0 Å². The fourth-order valence-corrected chi connectivity index (χ4v) is 5.16. The fraction of sp³-hybridized carbons (Fsp3) is 0.552. The summed E-state index contributed by atoms with van der Waals surface area (Å²) in [5.41, 5.74) is 28.7. The molecule has 0 radical (unpaired) electrons. The topological polar surface area (TPSA) is 299 Å². The van der Waals surface area contributed by atoms with Crippen LogP contribution in [0.15, 0.2) is 24.3 Å². The third kappa shape index (κ3) is 16.2. The highest BCUT2D eigenvalue weighted by Gasteiger charge is 2.26. The molecule has 1 fully saturated rings. The normalized spacial score (nSPS) is 17.3. The number of rotatable bonds is 16. The maximum absolute atomic E-state index is 12.4. The average Bonchev–Trinajstić information content (AvgIpc) is 3.00. The van der Waals surface area contributed by atoms with Crippen LogP contribution in [-0.2, 0) is 40.0 Å². The highest BCUT2D eigenvalue weighted by atomic mass is 16.2. The van der Waals surface area contributed by atoms with Crippen LogP contribution in [-0.4, -0.2) is 159 Å². The van der Waals surface area contributed by atoms with Crippen molar-refractivity contribution in [3.05, 3.63) is 29.8 Å². The Bertz CT molecular complexity index is 1280. The Hall–Kier alpha value is -4.69. The van der Waals surface area contributed by atoms with E-state index < -0.39 is 41.4 Å². The summed E-state index contributed by atoms with van der Waals surface area (Å²) in [7, 11) is 0. The molecule has 0 aliphatic carbocycles. The van der Waals surface area contributed by atoms with E-state index in [0.29, 0.717) is 57.9 Å². The molecule has 1 unspecified atom stereocenters. The molecule has 2 rings (SSSR count). The second kappa shape index (κ2) is 20.5. The van der Waals surface area contributed by atoms with Crippen molar-refractivity contribution in [2.45, 2.75) is 12.5 Å². The standard InChI is InChI=1S/C29H48N12O7/c30-12-27(46)35-13-28(47)36-14-29(48)37-21-3-1-20(2-4-21)11-22-15-40(18-25(33)44)8-7-38(16-23(31)42)5-6-39(17-24(32)43)9-10-41(22)19-26(34)45/h1-4,22H,5-19,30H2,(H2,31,42)(H2,32,43)(H2,33,44)(H2,34,45)(H,35,46)(H,36,47)(H,37,48). The molecule has 13 N–H and O–H groups in total. The Balaban J connectivity index is 2.24. The largest absolute Gasteiger partial charge is 0.369 e. The van der Waals surface area contributed by atoms with Crippen molar-refractivity contribution in [2.75, 3.05) is 96.9 Å². The lowest BCUT2D eigenvalue weighted by atomic mass is 10.0. The van der Waals surface area contributed by atoms with E-state index >= 15 is 0 Å². The molecule has 1 aliphatic rings. The number of nitrogens with zero attached hydrogens (tertiary/aromatic N) is 4. The first-order valence-corrected chi connectivity index (χ1v) is 15.4. The minimum Gasteiger partial charge on any atom is -0.369 e. The highest BCUT2D eigenvalue weighted by molar-refractivity contribution is 5.95. The number of amides is 7. The summed E-state index contributed by atoms with van der Waals surface area (Å²) in [5, 5.41) is 7.38. The number of benzene rings is 1. The van der Waals surface area contributed by atoms with E-state index in [2.05, 4.69) is 16.0 Å². The summed E-state index contributed by atoms with van der Waals surface area (Å²) in [5.74, 6) is -3.69. The Labute approximate surface area is 278 Å². The van der Waals surface area contributed by atoms with Crippen molar-refractivity contribution in [1.29, 1.82) is 0 Å².